The predicted molar refractivity (Wildman–Crippen MR) is 106 cm³/mol. The van der Waals surface area contributed by atoms with Gasteiger partial charge >= 0.3 is 0 Å². The molecule has 1 aromatic carbocycles. The molecule has 1 atom stereocenters. The minimum atomic E-state index is -0.510. The smallest absolute Gasteiger partial charge is 0.241 e. The van der Waals surface area contributed by atoms with Crippen molar-refractivity contribution in [2.24, 2.45) is 11.7 Å². The van der Waals surface area contributed by atoms with Gasteiger partial charge in [0.25, 0.3) is 0 Å². The van der Waals surface area contributed by atoms with E-state index in [4.69, 9.17) is 22.1 Å². The number of hydrogen-bond acceptors (Lipinski definition) is 4. The van der Waals surface area contributed by atoms with Crippen LogP contribution in [0.5, 0.6) is 11.6 Å². The summed E-state index contributed by atoms with van der Waals surface area (Å²) in [6.07, 6.45) is 2.16. The third kappa shape index (κ3) is 7.92. The molecule has 0 aliphatic carbocycles. The molecule has 2 aromatic rings. The summed E-state index contributed by atoms with van der Waals surface area (Å²) in [5.41, 5.74) is 6.53. The molecule has 138 valence electrons. The first-order valence-electron chi connectivity index (χ1n) is 7.40. The summed E-state index contributed by atoms with van der Waals surface area (Å²) in [4.78, 5) is 16.0. The number of carbonyl (C=O) groups is 1. The molecule has 2 rings (SSSR count). The predicted octanol–water partition coefficient (Wildman–Crippen LogP) is 4.68. The van der Waals surface area contributed by atoms with Crippen LogP contribution in [0.3, 0.4) is 0 Å². The van der Waals surface area contributed by atoms with Crippen LogP contribution in [0, 0.1) is 5.92 Å². The van der Waals surface area contributed by atoms with Gasteiger partial charge in [0.2, 0.25) is 11.8 Å². The van der Waals surface area contributed by atoms with E-state index in [0.29, 0.717) is 34.7 Å². The number of rotatable bonds is 6. The number of nitrogens with one attached hydrogen (secondary N) is 1. The van der Waals surface area contributed by atoms with Gasteiger partial charge in [-0.1, -0.05) is 25.4 Å². The quantitative estimate of drug-likeness (QED) is 0.730. The number of nitrogens with zero attached hydrogens (tertiary/aromatic N) is 1. The van der Waals surface area contributed by atoms with E-state index in [1.54, 1.807) is 36.4 Å². The van der Waals surface area contributed by atoms with Crippen LogP contribution in [0.4, 0.5) is 5.69 Å². The van der Waals surface area contributed by atoms with Crippen LogP contribution < -0.4 is 15.8 Å². The van der Waals surface area contributed by atoms with E-state index in [9.17, 15) is 4.79 Å². The minimum Gasteiger partial charge on any atom is -0.439 e. The Hall–Kier alpha value is -1.53. The van der Waals surface area contributed by atoms with Crippen molar-refractivity contribution in [3.05, 3.63) is 47.6 Å². The van der Waals surface area contributed by atoms with Gasteiger partial charge in [-0.15, -0.1) is 24.8 Å². The zero-order valence-corrected chi connectivity index (χ0v) is 16.3. The monoisotopic (exact) mass is 405 g/mol. The van der Waals surface area contributed by atoms with Crippen LogP contribution in [-0.4, -0.2) is 16.9 Å². The second-order valence-corrected chi connectivity index (χ2v) is 6.10. The third-order valence-corrected chi connectivity index (χ3v) is 3.33. The highest BCUT2D eigenvalue weighted by Gasteiger charge is 2.15. The highest BCUT2D eigenvalue weighted by Crippen LogP contribution is 2.22. The summed E-state index contributed by atoms with van der Waals surface area (Å²) < 4.78 is 5.59. The molecule has 1 heterocycles. The second kappa shape index (κ2) is 11.2. The molecule has 0 saturated carbocycles. The molecule has 0 aliphatic heterocycles. The highest BCUT2D eigenvalue weighted by molar-refractivity contribution is 6.30. The summed E-state index contributed by atoms with van der Waals surface area (Å²) >= 11 is 5.77. The molecule has 0 fully saturated rings. The van der Waals surface area contributed by atoms with Gasteiger partial charge in [-0.05, 0) is 42.7 Å². The van der Waals surface area contributed by atoms with E-state index in [1.807, 2.05) is 13.8 Å². The summed E-state index contributed by atoms with van der Waals surface area (Å²) in [7, 11) is 0. The first-order valence-corrected chi connectivity index (χ1v) is 7.78. The van der Waals surface area contributed by atoms with Crippen molar-refractivity contribution in [3.63, 3.8) is 0 Å². The van der Waals surface area contributed by atoms with Crippen LogP contribution in [0.15, 0.2) is 42.6 Å². The zero-order valence-electron chi connectivity index (χ0n) is 13.9. The van der Waals surface area contributed by atoms with Gasteiger partial charge in [0, 0.05) is 18.0 Å². The van der Waals surface area contributed by atoms with Crippen molar-refractivity contribution >= 4 is 48.0 Å². The lowest BCUT2D eigenvalue weighted by molar-refractivity contribution is -0.117. The number of ether oxygens (including phenoxy) is 1. The first kappa shape index (κ1) is 23.5. The van der Waals surface area contributed by atoms with E-state index in [2.05, 4.69) is 10.3 Å². The topological polar surface area (TPSA) is 77.2 Å². The average molecular weight is 407 g/mol. The normalized spacial score (nSPS) is 11.1. The molecule has 1 aromatic heterocycles. The highest BCUT2D eigenvalue weighted by atomic mass is 35.5. The Bertz CT molecular complexity index is 649. The maximum Gasteiger partial charge on any atom is 0.241 e. The number of anilines is 1. The number of carbonyl (C=O) groups excluding carboxylic acids is 1. The Balaban J connectivity index is 0.00000288. The number of aromatic nitrogens is 1. The van der Waals surface area contributed by atoms with E-state index in [-0.39, 0.29) is 30.7 Å². The summed E-state index contributed by atoms with van der Waals surface area (Å²) in [6.45, 7) is 4.06. The molecule has 8 heteroatoms. The molecule has 3 N–H and O–H groups in total. The van der Waals surface area contributed by atoms with Gasteiger partial charge in [0.05, 0.1) is 11.1 Å². The number of halogens is 3. The third-order valence-electron chi connectivity index (χ3n) is 3.11. The number of benzene rings is 1. The molecule has 0 unspecified atom stereocenters. The van der Waals surface area contributed by atoms with E-state index < -0.39 is 6.04 Å². The van der Waals surface area contributed by atoms with Crippen LogP contribution >= 0.6 is 36.4 Å². The van der Waals surface area contributed by atoms with Crippen LogP contribution in [0.2, 0.25) is 5.02 Å². The van der Waals surface area contributed by atoms with E-state index >= 15 is 0 Å². The van der Waals surface area contributed by atoms with Crippen molar-refractivity contribution in [1.29, 1.82) is 0 Å². The lowest BCUT2D eigenvalue weighted by Crippen LogP contribution is -2.36. The molecule has 0 spiro atoms. The maximum absolute atomic E-state index is 12.0. The molecule has 0 saturated heterocycles. The number of nitrogens with two attached hydrogens (primary N) is 1. The summed E-state index contributed by atoms with van der Waals surface area (Å²) in [5, 5.41) is 3.34. The van der Waals surface area contributed by atoms with Crippen LogP contribution in [0.25, 0.3) is 0 Å². The van der Waals surface area contributed by atoms with Gasteiger partial charge < -0.3 is 15.8 Å². The van der Waals surface area contributed by atoms with Crippen molar-refractivity contribution in [3.8, 4) is 11.6 Å². The molecule has 0 radical (unpaired) electrons. The van der Waals surface area contributed by atoms with Gasteiger partial charge in [-0.2, -0.15) is 0 Å². The molecule has 1 amide bonds. The molecular weight excluding hydrogens is 385 g/mol. The first-order chi connectivity index (χ1) is 10.9. The van der Waals surface area contributed by atoms with Crippen molar-refractivity contribution in [1.82, 2.24) is 4.98 Å². The second-order valence-electron chi connectivity index (χ2n) is 5.67. The lowest BCUT2D eigenvalue weighted by Gasteiger charge is -2.14. The Labute approximate surface area is 165 Å². The molecule has 0 aliphatic rings. The average Bonchev–Trinajstić information content (AvgIpc) is 2.51. The van der Waals surface area contributed by atoms with Gasteiger partial charge in [-0.3, -0.25) is 4.79 Å². The van der Waals surface area contributed by atoms with Crippen molar-refractivity contribution < 1.29 is 9.53 Å². The van der Waals surface area contributed by atoms with Gasteiger partial charge in [-0.25, -0.2) is 4.98 Å². The van der Waals surface area contributed by atoms with Gasteiger partial charge in [0.15, 0.2) is 0 Å². The fourth-order valence-electron chi connectivity index (χ4n) is 2.00. The lowest BCUT2D eigenvalue weighted by atomic mass is 10.0. The maximum atomic E-state index is 12.0. The SMILES string of the molecule is CC(C)C[C@H](N)C(=O)Nc1ccc(Oc2ccc(Cl)cn2)cc1.Cl.Cl. The minimum absolute atomic E-state index is 0. The Morgan fingerprint density at radius 1 is 1.20 bits per heavy atom. The zero-order chi connectivity index (χ0) is 16.8. The number of pyridine rings is 1. The standard InChI is InChI=1S/C17H20ClN3O2.2ClH/c1-11(2)9-15(19)17(22)21-13-4-6-14(7-5-13)23-16-8-3-12(18)10-20-16;;/h3-8,10-11,15H,9,19H2,1-2H3,(H,21,22);2*1H/t15-;;/m0../s1. The number of hydrogen-bond donors (Lipinski definition) is 2. The van der Waals surface area contributed by atoms with Gasteiger partial charge in [0.1, 0.15) is 5.75 Å². The molecule has 25 heavy (non-hydrogen) atoms. The Morgan fingerprint density at radius 2 is 1.84 bits per heavy atom. The Kier molecular flexibility index (Phi) is 10.5. The molecule has 0 bridgehead atoms. The van der Waals surface area contributed by atoms with Crippen LogP contribution in [-0.2, 0) is 4.79 Å². The molecular formula is C17H22Cl3N3O2. The fraction of sp³-hybridized carbons (Fsp3) is 0.294. The van der Waals surface area contributed by atoms with Crippen LogP contribution in [0.1, 0.15) is 20.3 Å². The number of amides is 1. The summed E-state index contributed by atoms with van der Waals surface area (Å²) in [5.74, 6) is 1.25. The van der Waals surface area contributed by atoms with Crippen molar-refractivity contribution in [2.75, 3.05) is 5.32 Å². The fourth-order valence-corrected chi connectivity index (χ4v) is 2.11. The molecule has 5 nitrogen and oxygen atoms in total. The van der Waals surface area contributed by atoms with E-state index in [1.165, 1.54) is 6.20 Å². The summed E-state index contributed by atoms with van der Waals surface area (Å²) in [6, 6.07) is 9.89. The van der Waals surface area contributed by atoms with E-state index in [0.717, 1.165) is 0 Å². The van der Waals surface area contributed by atoms with Crippen molar-refractivity contribution in [2.45, 2.75) is 26.3 Å². The Morgan fingerprint density at radius 3 is 2.36 bits per heavy atom. The largest absolute Gasteiger partial charge is 0.439 e.